The first-order valence-corrected chi connectivity index (χ1v) is 9.31. The lowest BCUT2D eigenvalue weighted by atomic mass is 10.1. The number of ether oxygens (including phenoxy) is 1. The van der Waals surface area contributed by atoms with Crippen LogP contribution in [0.3, 0.4) is 0 Å². The van der Waals surface area contributed by atoms with Gasteiger partial charge in [0.25, 0.3) is 0 Å². The molecule has 1 aromatic rings. The SMILES string of the molecule is COC1CCCN(c2sc(C(=O)C(C)C)c(N)c2SC)C1. The summed E-state index contributed by atoms with van der Waals surface area (Å²) in [6, 6.07) is 0. The number of piperidine rings is 1. The maximum absolute atomic E-state index is 12.3. The second-order valence-electron chi connectivity index (χ2n) is 5.65. The number of thiophene rings is 1. The topological polar surface area (TPSA) is 55.6 Å². The van der Waals surface area contributed by atoms with E-state index in [9.17, 15) is 4.79 Å². The second kappa shape index (κ2) is 7.03. The third kappa shape index (κ3) is 3.38. The Morgan fingerprint density at radius 2 is 2.24 bits per heavy atom. The number of hydrogen-bond donors (Lipinski definition) is 1. The molecule has 21 heavy (non-hydrogen) atoms. The molecule has 118 valence electrons. The average molecular weight is 329 g/mol. The molecule has 0 bridgehead atoms. The van der Waals surface area contributed by atoms with Crippen LogP contribution in [0.1, 0.15) is 36.4 Å². The zero-order valence-electron chi connectivity index (χ0n) is 13.1. The van der Waals surface area contributed by atoms with Crippen LogP contribution in [0.15, 0.2) is 4.90 Å². The Labute approximate surface area is 135 Å². The van der Waals surface area contributed by atoms with E-state index >= 15 is 0 Å². The van der Waals surface area contributed by atoms with Gasteiger partial charge in [0.05, 0.1) is 21.6 Å². The fraction of sp³-hybridized carbons (Fsp3) is 0.667. The third-order valence-electron chi connectivity index (χ3n) is 3.83. The maximum Gasteiger partial charge on any atom is 0.177 e. The minimum Gasteiger partial charge on any atom is -0.396 e. The van der Waals surface area contributed by atoms with Gasteiger partial charge in [-0.25, -0.2) is 0 Å². The Hall–Kier alpha value is -0.720. The Bertz CT molecular complexity index is 514. The number of nitrogens with two attached hydrogens (primary N) is 1. The van der Waals surface area contributed by atoms with E-state index in [0.717, 1.165) is 35.8 Å². The molecule has 1 unspecified atom stereocenters. The van der Waals surface area contributed by atoms with Crippen molar-refractivity contribution < 1.29 is 9.53 Å². The van der Waals surface area contributed by atoms with E-state index in [4.69, 9.17) is 10.5 Å². The number of hydrogen-bond acceptors (Lipinski definition) is 6. The predicted molar refractivity (Wildman–Crippen MR) is 91.9 cm³/mol. The van der Waals surface area contributed by atoms with Crippen molar-refractivity contribution >= 4 is 39.6 Å². The first-order valence-electron chi connectivity index (χ1n) is 7.27. The van der Waals surface area contributed by atoms with Crippen LogP contribution >= 0.6 is 23.1 Å². The van der Waals surface area contributed by atoms with Gasteiger partial charge in [0.1, 0.15) is 5.00 Å². The molecule has 1 aliphatic heterocycles. The Balaban J connectivity index is 2.35. The molecule has 1 fully saturated rings. The molecule has 2 heterocycles. The monoisotopic (exact) mass is 328 g/mol. The summed E-state index contributed by atoms with van der Waals surface area (Å²) in [5.41, 5.74) is 6.89. The maximum atomic E-state index is 12.3. The van der Waals surface area contributed by atoms with Crippen LogP contribution in [0, 0.1) is 5.92 Å². The molecule has 4 nitrogen and oxygen atoms in total. The number of nitrogen functional groups attached to an aromatic ring is 1. The molecule has 0 radical (unpaired) electrons. The Kier molecular flexibility index (Phi) is 5.57. The van der Waals surface area contributed by atoms with Gasteiger partial charge in [-0.2, -0.15) is 0 Å². The summed E-state index contributed by atoms with van der Waals surface area (Å²) in [6.45, 7) is 5.71. The van der Waals surface area contributed by atoms with E-state index < -0.39 is 0 Å². The molecule has 1 aromatic heterocycles. The highest BCUT2D eigenvalue weighted by Crippen LogP contribution is 2.45. The Morgan fingerprint density at radius 3 is 2.81 bits per heavy atom. The van der Waals surface area contributed by atoms with E-state index in [1.165, 1.54) is 0 Å². The number of nitrogens with zero attached hydrogens (tertiary/aromatic N) is 1. The fourth-order valence-electron chi connectivity index (χ4n) is 2.58. The number of methoxy groups -OCH3 is 1. The number of ketones is 1. The minimum atomic E-state index is -0.0263. The van der Waals surface area contributed by atoms with Gasteiger partial charge in [0.2, 0.25) is 0 Å². The van der Waals surface area contributed by atoms with E-state index in [0.29, 0.717) is 10.6 Å². The molecule has 0 spiro atoms. The van der Waals surface area contributed by atoms with E-state index in [1.807, 2.05) is 20.1 Å². The minimum absolute atomic E-state index is 0.0263. The fourth-order valence-corrected chi connectivity index (χ4v) is 4.89. The van der Waals surface area contributed by atoms with Gasteiger partial charge in [-0.1, -0.05) is 13.8 Å². The van der Waals surface area contributed by atoms with Crippen molar-refractivity contribution in [1.82, 2.24) is 0 Å². The summed E-state index contributed by atoms with van der Waals surface area (Å²) < 4.78 is 5.50. The van der Waals surface area contributed by atoms with Gasteiger partial charge < -0.3 is 15.4 Å². The molecule has 6 heteroatoms. The highest BCUT2D eigenvalue weighted by Gasteiger charge is 2.28. The molecule has 2 N–H and O–H groups in total. The zero-order chi connectivity index (χ0) is 15.6. The Morgan fingerprint density at radius 1 is 1.52 bits per heavy atom. The molecule has 1 atom stereocenters. The third-order valence-corrected chi connectivity index (χ3v) is 6.06. The number of anilines is 2. The van der Waals surface area contributed by atoms with Crippen LogP contribution in [0.2, 0.25) is 0 Å². The quantitative estimate of drug-likeness (QED) is 0.662. The number of carbonyl (C=O) groups is 1. The van der Waals surface area contributed by atoms with Crippen LogP contribution in [-0.2, 0) is 4.74 Å². The van der Waals surface area contributed by atoms with Gasteiger partial charge >= 0.3 is 0 Å². The van der Waals surface area contributed by atoms with Crippen molar-refractivity contribution in [3.63, 3.8) is 0 Å². The van der Waals surface area contributed by atoms with Gasteiger partial charge in [-0.15, -0.1) is 23.1 Å². The number of carbonyl (C=O) groups excluding carboxylic acids is 1. The van der Waals surface area contributed by atoms with E-state index in [-0.39, 0.29) is 17.8 Å². The number of rotatable bonds is 5. The number of thioether (sulfide) groups is 1. The number of Topliss-reactive ketones (excluding diaryl/α,β-unsaturated/α-hetero) is 1. The van der Waals surface area contributed by atoms with Gasteiger partial charge in [-0.05, 0) is 19.1 Å². The van der Waals surface area contributed by atoms with Crippen molar-refractivity contribution in [1.29, 1.82) is 0 Å². The van der Waals surface area contributed by atoms with Gasteiger partial charge in [-0.3, -0.25) is 4.79 Å². The summed E-state index contributed by atoms with van der Waals surface area (Å²) >= 11 is 3.17. The summed E-state index contributed by atoms with van der Waals surface area (Å²) in [5.74, 6) is 0.112. The van der Waals surface area contributed by atoms with Crippen molar-refractivity contribution in [3.05, 3.63) is 4.88 Å². The van der Waals surface area contributed by atoms with Crippen molar-refractivity contribution in [2.24, 2.45) is 5.92 Å². The molecule has 0 aromatic carbocycles. The molecule has 0 aliphatic carbocycles. The van der Waals surface area contributed by atoms with Crippen LogP contribution < -0.4 is 10.6 Å². The second-order valence-corrected chi connectivity index (χ2v) is 7.46. The smallest absolute Gasteiger partial charge is 0.177 e. The van der Waals surface area contributed by atoms with Gasteiger partial charge in [0, 0.05) is 26.1 Å². The highest BCUT2D eigenvalue weighted by molar-refractivity contribution is 7.99. The lowest BCUT2D eigenvalue weighted by molar-refractivity contribution is 0.0894. The largest absolute Gasteiger partial charge is 0.396 e. The highest BCUT2D eigenvalue weighted by atomic mass is 32.2. The summed E-state index contributed by atoms with van der Waals surface area (Å²) in [7, 11) is 1.76. The van der Waals surface area contributed by atoms with Crippen molar-refractivity contribution in [2.45, 2.75) is 37.7 Å². The van der Waals surface area contributed by atoms with Crippen molar-refractivity contribution in [2.75, 3.05) is 37.1 Å². The lowest BCUT2D eigenvalue weighted by Crippen LogP contribution is -2.39. The normalized spacial score (nSPS) is 19.3. The molecule has 0 saturated carbocycles. The summed E-state index contributed by atoms with van der Waals surface area (Å²) in [5, 5.41) is 1.13. The first kappa shape index (κ1) is 16.6. The molecule has 1 saturated heterocycles. The zero-order valence-corrected chi connectivity index (χ0v) is 14.8. The standard InChI is InChI=1S/C15H24N2O2S2/c1-9(2)12(18)13-11(16)14(20-4)15(21-13)17-7-5-6-10(8-17)19-3/h9-10H,5-8,16H2,1-4H3. The van der Waals surface area contributed by atoms with E-state index in [1.54, 1.807) is 30.2 Å². The summed E-state index contributed by atoms with van der Waals surface area (Å²) in [6.07, 6.45) is 4.49. The van der Waals surface area contributed by atoms with Crippen LogP contribution in [-0.4, -0.2) is 38.3 Å². The van der Waals surface area contributed by atoms with Crippen molar-refractivity contribution in [3.8, 4) is 0 Å². The molecule has 0 amide bonds. The molecular weight excluding hydrogens is 304 g/mol. The first-order chi connectivity index (χ1) is 9.99. The van der Waals surface area contributed by atoms with Crippen LogP contribution in [0.25, 0.3) is 0 Å². The van der Waals surface area contributed by atoms with Crippen LogP contribution in [0.5, 0.6) is 0 Å². The molecule has 1 aliphatic rings. The van der Waals surface area contributed by atoms with Gasteiger partial charge in [0.15, 0.2) is 5.78 Å². The molecular formula is C15H24N2O2S2. The van der Waals surface area contributed by atoms with E-state index in [2.05, 4.69) is 4.90 Å². The lowest BCUT2D eigenvalue weighted by Gasteiger charge is -2.33. The van der Waals surface area contributed by atoms with Crippen LogP contribution in [0.4, 0.5) is 10.7 Å². The summed E-state index contributed by atoms with van der Waals surface area (Å²) in [4.78, 5) is 16.4. The predicted octanol–water partition coefficient (Wildman–Crippen LogP) is 3.51. The average Bonchev–Trinajstić information content (AvgIpc) is 2.83. The molecule has 2 rings (SSSR count).